The summed E-state index contributed by atoms with van der Waals surface area (Å²) in [5, 5.41) is 1.81. The maximum atomic E-state index is 11.7. The van der Waals surface area contributed by atoms with Crippen LogP contribution in [0.5, 0.6) is 0 Å². The zero-order chi connectivity index (χ0) is 12.0. The summed E-state index contributed by atoms with van der Waals surface area (Å²) in [6, 6.07) is 3.49. The van der Waals surface area contributed by atoms with Crippen molar-refractivity contribution in [1.82, 2.24) is 0 Å². The van der Waals surface area contributed by atoms with E-state index in [1.165, 1.54) is 11.3 Å². The van der Waals surface area contributed by atoms with Crippen molar-refractivity contribution in [3.8, 4) is 0 Å². The normalized spacial score (nSPS) is 11.4. The fraction of sp³-hybridized carbons (Fsp3) is 0.545. The summed E-state index contributed by atoms with van der Waals surface area (Å²) in [5.41, 5.74) is 0. The Kier molecular flexibility index (Phi) is 4.92. The van der Waals surface area contributed by atoms with Crippen molar-refractivity contribution in [2.75, 3.05) is 13.2 Å². The minimum atomic E-state index is -1.30. The first-order chi connectivity index (χ1) is 7.61. The predicted octanol–water partition coefficient (Wildman–Crippen LogP) is 2.65. The number of carbonyl (C=O) groups excluding carboxylic acids is 1. The molecule has 0 saturated carbocycles. The standard InChI is InChI=1S/C11H16O4S/c1-4-13-11(3,14-5-2)15-10(12)9-7-6-8-16-9/h6-8H,4-5H2,1-3H3. The number of carbonyl (C=O) groups is 1. The summed E-state index contributed by atoms with van der Waals surface area (Å²) in [4.78, 5) is 12.2. The van der Waals surface area contributed by atoms with Crippen LogP contribution >= 0.6 is 11.3 Å². The van der Waals surface area contributed by atoms with Gasteiger partial charge in [-0.15, -0.1) is 11.3 Å². The summed E-state index contributed by atoms with van der Waals surface area (Å²) in [6.07, 6.45) is 0. The van der Waals surface area contributed by atoms with Gasteiger partial charge in [-0.3, -0.25) is 0 Å². The van der Waals surface area contributed by atoms with E-state index < -0.39 is 11.9 Å². The van der Waals surface area contributed by atoms with Crippen LogP contribution in [0.25, 0.3) is 0 Å². The van der Waals surface area contributed by atoms with Crippen LogP contribution in [0.4, 0.5) is 0 Å². The summed E-state index contributed by atoms with van der Waals surface area (Å²) >= 11 is 1.32. The lowest BCUT2D eigenvalue weighted by atomic mass is 10.5. The summed E-state index contributed by atoms with van der Waals surface area (Å²) in [7, 11) is 0. The third kappa shape index (κ3) is 3.59. The van der Waals surface area contributed by atoms with Gasteiger partial charge in [0.1, 0.15) is 4.88 Å². The van der Waals surface area contributed by atoms with Crippen molar-refractivity contribution in [1.29, 1.82) is 0 Å². The summed E-state index contributed by atoms with van der Waals surface area (Å²) < 4.78 is 15.7. The fourth-order valence-electron chi connectivity index (χ4n) is 1.24. The number of thiophene rings is 1. The van der Waals surface area contributed by atoms with E-state index in [-0.39, 0.29) is 0 Å². The smallest absolute Gasteiger partial charge is 0.352 e. The molecular weight excluding hydrogens is 228 g/mol. The molecule has 0 radical (unpaired) electrons. The highest BCUT2D eigenvalue weighted by Crippen LogP contribution is 2.19. The van der Waals surface area contributed by atoms with Gasteiger partial charge in [-0.2, -0.15) is 0 Å². The van der Waals surface area contributed by atoms with Crippen molar-refractivity contribution >= 4 is 17.3 Å². The van der Waals surface area contributed by atoms with Crippen molar-refractivity contribution in [3.05, 3.63) is 22.4 Å². The first-order valence-electron chi connectivity index (χ1n) is 5.16. The van der Waals surface area contributed by atoms with Crippen molar-refractivity contribution in [2.24, 2.45) is 0 Å². The number of hydrogen-bond donors (Lipinski definition) is 0. The van der Waals surface area contributed by atoms with Gasteiger partial charge in [0.25, 0.3) is 0 Å². The van der Waals surface area contributed by atoms with Crippen LogP contribution in [0.2, 0.25) is 0 Å². The Bertz CT molecular complexity index is 315. The minimum absolute atomic E-state index is 0.411. The van der Waals surface area contributed by atoms with Crippen LogP contribution in [0.15, 0.2) is 17.5 Å². The lowest BCUT2D eigenvalue weighted by molar-refractivity contribution is -0.341. The summed E-state index contributed by atoms with van der Waals surface area (Å²) in [5.74, 6) is -1.73. The van der Waals surface area contributed by atoms with E-state index in [4.69, 9.17) is 14.2 Å². The quantitative estimate of drug-likeness (QED) is 0.570. The lowest BCUT2D eigenvalue weighted by Gasteiger charge is -2.27. The van der Waals surface area contributed by atoms with E-state index >= 15 is 0 Å². The number of ether oxygens (including phenoxy) is 3. The summed E-state index contributed by atoms with van der Waals surface area (Å²) in [6.45, 7) is 6.04. The molecule has 0 fully saturated rings. The van der Waals surface area contributed by atoms with Gasteiger partial charge in [-0.25, -0.2) is 4.79 Å². The minimum Gasteiger partial charge on any atom is -0.404 e. The van der Waals surface area contributed by atoms with Crippen molar-refractivity contribution in [2.45, 2.75) is 26.7 Å². The highest BCUT2D eigenvalue weighted by Gasteiger charge is 2.30. The molecule has 0 N–H and O–H groups in total. The first kappa shape index (κ1) is 13.2. The first-order valence-corrected chi connectivity index (χ1v) is 6.04. The zero-order valence-electron chi connectivity index (χ0n) is 9.69. The molecule has 90 valence electrons. The second-order valence-electron chi connectivity index (χ2n) is 3.10. The zero-order valence-corrected chi connectivity index (χ0v) is 10.5. The molecule has 4 nitrogen and oxygen atoms in total. The SMILES string of the molecule is CCOC(C)(OCC)OC(=O)c1cccs1. The van der Waals surface area contributed by atoms with Gasteiger partial charge in [-0.1, -0.05) is 6.07 Å². The molecule has 16 heavy (non-hydrogen) atoms. The molecule has 1 aromatic rings. The topological polar surface area (TPSA) is 44.8 Å². The Hall–Kier alpha value is -0.910. The third-order valence-corrected chi connectivity index (χ3v) is 2.66. The van der Waals surface area contributed by atoms with Gasteiger partial charge in [0, 0.05) is 6.92 Å². The maximum Gasteiger partial charge on any atom is 0.352 e. The Morgan fingerprint density at radius 1 is 1.38 bits per heavy atom. The Labute approximate surface area is 99.1 Å². The van der Waals surface area contributed by atoms with Crippen LogP contribution in [-0.4, -0.2) is 25.2 Å². The molecule has 0 aliphatic heterocycles. The number of rotatable bonds is 6. The predicted molar refractivity (Wildman–Crippen MR) is 61.4 cm³/mol. The van der Waals surface area contributed by atoms with Crippen LogP contribution < -0.4 is 0 Å². The van der Waals surface area contributed by atoms with Crippen LogP contribution in [0, 0.1) is 0 Å². The molecule has 0 amide bonds. The van der Waals surface area contributed by atoms with Gasteiger partial charge < -0.3 is 14.2 Å². The largest absolute Gasteiger partial charge is 0.404 e. The van der Waals surface area contributed by atoms with Crippen LogP contribution in [-0.2, 0) is 14.2 Å². The molecule has 1 heterocycles. The van der Waals surface area contributed by atoms with E-state index in [0.717, 1.165) is 0 Å². The van der Waals surface area contributed by atoms with E-state index in [9.17, 15) is 4.79 Å². The van der Waals surface area contributed by atoms with Crippen molar-refractivity contribution < 1.29 is 19.0 Å². The Morgan fingerprint density at radius 2 is 2.00 bits per heavy atom. The Morgan fingerprint density at radius 3 is 2.44 bits per heavy atom. The highest BCUT2D eigenvalue weighted by atomic mass is 32.1. The Balaban J connectivity index is 2.64. The van der Waals surface area contributed by atoms with Gasteiger partial charge in [0.05, 0.1) is 13.2 Å². The van der Waals surface area contributed by atoms with E-state index in [2.05, 4.69) is 0 Å². The third-order valence-electron chi connectivity index (χ3n) is 1.81. The van der Waals surface area contributed by atoms with Gasteiger partial charge >= 0.3 is 11.9 Å². The molecule has 5 heteroatoms. The number of esters is 1. The molecule has 0 spiro atoms. The molecule has 0 saturated heterocycles. The second kappa shape index (κ2) is 5.98. The molecule has 0 aromatic carbocycles. The van der Waals surface area contributed by atoms with E-state index in [1.807, 2.05) is 19.2 Å². The average Bonchev–Trinajstić information content (AvgIpc) is 2.70. The second-order valence-corrected chi connectivity index (χ2v) is 4.04. The molecule has 0 aliphatic rings. The molecule has 0 atom stereocenters. The van der Waals surface area contributed by atoms with Gasteiger partial charge in [0.15, 0.2) is 0 Å². The molecular formula is C11H16O4S. The lowest BCUT2D eigenvalue weighted by Crippen LogP contribution is -2.38. The van der Waals surface area contributed by atoms with Gasteiger partial charge in [0.2, 0.25) is 0 Å². The van der Waals surface area contributed by atoms with Crippen molar-refractivity contribution in [3.63, 3.8) is 0 Å². The monoisotopic (exact) mass is 244 g/mol. The van der Waals surface area contributed by atoms with E-state index in [1.54, 1.807) is 19.1 Å². The highest BCUT2D eigenvalue weighted by molar-refractivity contribution is 7.11. The molecule has 0 bridgehead atoms. The van der Waals surface area contributed by atoms with E-state index in [0.29, 0.717) is 18.1 Å². The fourth-order valence-corrected chi connectivity index (χ4v) is 1.84. The number of hydrogen-bond acceptors (Lipinski definition) is 5. The average molecular weight is 244 g/mol. The van der Waals surface area contributed by atoms with Gasteiger partial charge in [-0.05, 0) is 25.3 Å². The molecule has 0 unspecified atom stereocenters. The molecule has 1 aromatic heterocycles. The van der Waals surface area contributed by atoms with Crippen LogP contribution in [0.3, 0.4) is 0 Å². The molecule has 0 aliphatic carbocycles. The maximum absolute atomic E-state index is 11.7. The molecule has 1 rings (SSSR count). The van der Waals surface area contributed by atoms with Crippen LogP contribution in [0.1, 0.15) is 30.4 Å².